The van der Waals surface area contributed by atoms with E-state index in [4.69, 9.17) is 0 Å². The predicted octanol–water partition coefficient (Wildman–Crippen LogP) is 1.77. The molecule has 0 radical (unpaired) electrons. The minimum absolute atomic E-state index is 0.158. The summed E-state index contributed by atoms with van der Waals surface area (Å²) in [6.07, 6.45) is 7.45. The summed E-state index contributed by atoms with van der Waals surface area (Å²) in [5.74, 6) is 0.673. The lowest BCUT2D eigenvalue weighted by Gasteiger charge is -2.18. The molecule has 1 amide bonds. The van der Waals surface area contributed by atoms with E-state index < -0.39 is 10.0 Å². The maximum Gasteiger partial charge on any atom is 0.251 e. The molecule has 0 spiro atoms. The van der Waals surface area contributed by atoms with Gasteiger partial charge in [0.1, 0.15) is 11.5 Å². The summed E-state index contributed by atoms with van der Waals surface area (Å²) >= 11 is 0. The number of nitrogens with zero attached hydrogens (tertiary/aromatic N) is 6. The molecule has 3 aromatic heterocycles. The number of pyridine rings is 1. The first kappa shape index (κ1) is 22.1. The van der Waals surface area contributed by atoms with Crippen molar-refractivity contribution in [2.24, 2.45) is 0 Å². The Kier molecular flexibility index (Phi) is 5.92. The number of aromatic nitrogens is 5. The van der Waals surface area contributed by atoms with Crippen molar-refractivity contribution < 1.29 is 13.2 Å². The van der Waals surface area contributed by atoms with Crippen LogP contribution in [-0.4, -0.2) is 59.4 Å². The summed E-state index contributed by atoms with van der Waals surface area (Å²) in [7, 11) is -0.476. The molecule has 0 saturated carbocycles. The Labute approximate surface area is 190 Å². The Balaban J connectivity index is 1.62. The van der Waals surface area contributed by atoms with Gasteiger partial charge in [0.05, 0.1) is 24.5 Å². The van der Waals surface area contributed by atoms with Gasteiger partial charge >= 0.3 is 0 Å². The molecule has 0 aliphatic heterocycles. The molecule has 0 fully saturated rings. The molecule has 11 nitrogen and oxygen atoms in total. The normalized spacial score (nSPS) is 11.4. The monoisotopic (exact) mass is 466 g/mol. The van der Waals surface area contributed by atoms with Gasteiger partial charge in [0.2, 0.25) is 10.0 Å². The lowest BCUT2D eigenvalue weighted by Crippen LogP contribution is -2.27. The number of nitrogens with one attached hydrogen (secondary N) is 2. The lowest BCUT2D eigenvalue weighted by atomic mass is 10.2. The molecular formula is C21H22N8O3S. The van der Waals surface area contributed by atoms with Crippen molar-refractivity contribution in [1.29, 1.82) is 0 Å². The van der Waals surface area contributed by atoms with E-state index in [1.807, 2.05) is 6.07 Å². The van der Waals surface area contributed by atoms with Crippen LogP contribution >= 0.6 is 0 Å². The zero-order valence-corrected chi connectivity index (χ0v) is 19.0. The first-order chi connectivity index (χ1) is 15.8. The second-order valence-electron chi connectivity index (χ2n) is 7.27. The van der Waals surface area contributed by atoms with Crippen molar-refractivity contribution >= 4 is 44.2 Å². The van der Waals surface area contributed by atoms with Crippen molar-refractivity contribution in [2.45, 2.75) is 6.54 Å². The highest BCUT2D eigenvalue weighted by Crippen LogP contribution is 2.23. The molecule has 0 aliphatic rings. The Morgan fingerprint density at radius 3 is 2.52 bits per heavy atom. The van der Waals surface area contributed by atoms with Crippen LogP contribution in [0.5, 0.6) is 0 Å². The summed E-state index contributed by atoms with van der Waals surface area (Å²) in [5.41, 5.74) is 2.58. The minimum atomic E-state index is -3.50. The van der Waals surface area contributed by atoms with Crippen molar-refractivity contribution in [3.05, 3.63) is 66.4 Å². The Bertz CT molecular complexity index is 1420. The lowest BCUT2D eigenvalue weighted by molar-refractivity contribution is 0.0963. The van der Waals surface area contributed by atoms with Crippen LogP contribution in [-0.2, 0) is 16.6 Å². The van der Waals surface area contributed by atoms with Crippen LogP contribution in [0.4, 0.5) is 17.3 Å². The summed E-state index contributed by atoms with van der Waals surface area (Å²) < 4.78 is 26.8. The topological polar surface area (TPSA) is 135 Å². The van der Waals surface area contributed by atoms with E-state index in [0.717, 1.165) is 27.2 Å². The third kappa shape index (κ3) is 4.75. The highest BCUT2D eigenvalue weighted by molar-refractivity contribution is 7.92. The standard InChI is InChI=1S/C21H22N8O3S/c1-22-21(30)14-4-6-16(7-5-14)27-19-10-18-15(11-25-19)12-26-29(18)13-17-20(24-9-8-23-17)28(2)33(3,31)32/h4-12H,13H2,1-3H3,(H,22,30)(H,25,27). The first-order valence-corrected chi connectivity index (χ1v) is 11.8. The summed E-state index contributed by atoms with van der Waals surface area (Å²) in [6.45, 7) is 0.219. The summed E-state index contributed by atoms with van der Waals surface area (Å²) in [5, 5.41) is 11.0. The van der Waals surface area contributed by atoms with Crippen molar-refractivity contribution in [3.63, 3.8) is 0 Å². The van der Waals surface area contributed by atoms with Crippen LogP contribution < -0.4 is 14.9 Å². The fraction of sp³-hybridized carbons (Fsp3) is 0.190. The van der Waals surface area contributed by atoms with Gasteiger partial charge in [0.15, 0.2) is 5.82 Å². The largest absolute Gasteiger partial charge is 0.355 e. The van der Waals surface area contributed by atoms with E-state index in [2.05, 4.69) is 30.7 Å². The molecule has 3 heterocycles. The fourth-order valence-corrected chi connectivity index (χ4v) is 3.66. The Hall–Kier alpha value is -4.06. The molecule has 0 atom stereocenters. The van der Waals surface area contributed by atoms with E-state index in [1.165, 1.54) is 19.4 Å². The van der Waals surface area contributed by atoms with Crippen molar-refractivity contribution in [2.75, 3.05) is 30.0 Å². The molecule has 1 aromatic carbocycles. The van der Waals surface area contributed by atoms with Crippen LogP contribution in [0, 0.1) is 0 Å². The number of rotatable bonds is 7. The van der Waals surface area contributed by atoms with Gasteiger partial charge in [-0.1, -0.05) is 0 Å². The Morgan fingerprint density at radius 1 is 1.09 bits per heavy atom. The van der Waals surface area contributed by atoms with Crippen LogP contribution in [0.25, 0.3) is 10.9 Å². The van der Waals surface area contributed by atoms with Gasteiger partial charge in [-0.05, 0) is 24.3 Å². The van der Waals surface area contributed by atoms with Gasteiger partial charge in [-0.25, -0.2) is 18.4 Å². The third-order valence-corrected chi connectivity index (χ3v) is 6.19. The molecule has 4 aromatic rings. The maximum atomic E-state index is 12.0. The summed E-state index contributed by atoms with van der Waals surface area (Å²) in [6, 6.07) is 8.86. The molecule has 33 heavy (non-hydrogen) atoms. The highest BCUT2D eigenvalue weighted by Gasteiger charge is 2.19. The van der Waals surface area contributed by atoms with Gasteiger partial charge in [-0.3, -0.25) is 18.8 Å². The van der Waals surface area contributed by atoms with Crippen molar-refractivity contribution in [3.8, 4) is 0 Å². The number of sulfonamides is 1. The average Bonchev–Trinajstić information content (AvgIpc) is 3.20. The zero-order valence-electron chi connectivity index (χ0n) is 18.2. The molecule has 0 aliphatic carbocycles. The average molecular weight is 467 g/mol. The van der Waals surface area contributed by atoms with Gasteiger partial charge in [0.25, 0.3) is 5.91 Å². The van der Waals surface area contributed by atoms with Gasteiger partial charge < -0.3 is 10.6 Å². The number of carbonyl (C=O) groups excluding carboxylic acids is 1. The zero-order chi connectivity index (χ0) is 23.6. The van der Waals surface area contributed by atoms with Crippen LogP contribution in [0.2, 0.25) is 0 Å². The molecular weight excluding hydrogens is 444 g/mol. The van der Waals surface area contributed by atoms with Crippen LogP contribution in [0.1, 0.15) is 16.1 Å². The number of hydrogen-bond donors (Lipinski definition) is 2. The number of anilines is 3. The van der Waals surface area contributed by atoms with E-state index in [9.17, 15) is 13.2 Å². The quantitative estimate of drug-likeness (QED) is 0.421. The second kappa shape index (κ2) is 8.82. The maximum absolute atomic E-state index is 12.0. The van der Waals surface area contributed by atoms with E-state index in [0.29, 0.717) is 17.1 Å². The Morgan fingerprint density at radius 2 is 1.82 bits per heavy atom. The number of fused-ring (bicyclic) bond motifs is 1. The van der Waals surface area contributed by atoms with Gasteiger partial charge in [-0.15, -0.1) is 0 Å². The number of amides is 1. The fourth-order valence-electron chi connectivity index (χ4n) is 3.20. The molecule has 4 rings (SSSR count). The number of carbonyl (C=O) groups is 1. The van der Waals surface area contributed by atoms with Crippen molar-refractivity contribution in [1.82, 2.24) is 30.0 Å². The van der Waals surface area contributed by atoms with Crippen LogP contribution in [0.3, 0.4) is 0 Å². The summed E-state index contributed by atoms with van der Waals surface area (Å²) in [4.78, 5) is 24.6. The smallest absolute Gasteiger partial charge is 0.251 e. The number of benzene rings is 1. The molecule has 2 N–H and O–H groups in total. The van der Waals surface area contributed by atoms with Gasteiger partial charge in [0, 0.05) is 55.4 Å². The molecule has 12 heteroatoms. The molecule has 170 valence electrons. The minimum Gasteiger partial charge on any atom is -0.355 e. The van der Waals surface area contributed by atoms with Gasteiger partial charge in [-0.2, -0.15) is 5.10 Å². The third-order valence-electron chi connectivity index (χ3n) is 5.02. The second-order valence-corrected chi connectivity index (χ2v) is 9.28. The van der Waals surface area contributed by atoms with E-state index in [1.54, 1.807) is 48.4 Å². The highest BCUT2D eigenvalue weighted by atomic mass is 32.2. The molecule has 0 bridgehead atoms. The molecule has 0 unspecified atom stereocenters. The van der Waals surface area contributed by atoms with E-state index in [-0.39, 0.29) is 18.3 Å². The SMILES string of the molecule is CNC(=O)c1ccc(Nc2cc3c(cn2)cnn3Cc2nccnc2N(C)S(C)(=O)=O)cc1. The first-order valence-electron chi connectivity index (χ1n) is 9.91. The molecule has 0 saturated heterocycles. The van der Waals surface area contributed by atoms with Crippen LogP contribution in [0.15, 0.2) is 55.1 Å². The number of hydrogen-bond acceptors (Lipinski definition) is 8. The predicted molar refractivity (Wildman–Crippen MR) is 125 cm³/mol. The van der Waals surface area contributed by atoms with E-state index >= 15 is 0 Å².